The number of carbonyl (C=O) groups is 1. The molecule has 1 amide bonds. The number of amides is 1. The maximum absolute atomic E-state index is 14.0. The molecule has 3 nitrogen and oxygen atoms in total. The molecule has 2 aromatic rings. The van der Waals surface area contributed by atoms with E-state index in [9.17, 15) is 18.0 Å². The molecular formula is C17H16BrF3N2O. The van der Waals surface area contributed by atoms with Crippen LogP contribution in [0.5, 0.6) is 0 Å². The zero-order chi connectivity index (χ0) is 17.7. The summed E-state index contributed by atoms with van der Waals surface area (Å²) in [5, 5.41) is 2.25. The van der Waals surface area contributed by atoms with E-state index in [1.165, 1.54) is 6.07 Å². The minimum atomic E-state index is -4.54. The lowest BCUT2D eigenvalue weighted by Crippen LogP contribution is -2.51. The Labute approximate surface area is 145 Å². The Balaban J connectivity index is 2.24. The summed E-state index contributed by atoms with van der Waals surface area (Å²) >= 11 is 3.29. The number of halogens is 4. The summed E-state index contributed by atoms with van der Waals surface area (Å²) in [7, 11) is 0. The summed E-state index contributed by atoms with van der Waals surface area (Å²) in [6.07, 6.45) is -4.52. The second kappa shape index (κ2) is 5.74. The van der Waals surface area contributed by atoms with Crippen molar-refractivity contribution >= 4 is 32.6 Å². The van der Waals surface area contributed by atoms with E-state index < -0.39 is 23.7 Å². The molecule has 24 heavy (non-hydrogen) atoms. The lowest BCUT2D eigenvalue weighted by molar-refractivity contribution is -0.203. The first-order valence-electron chi connectivity index (χ1n) is 7.43. The van der Waals surface area contributed by atoms with Crippen LogP contribution in [0.15, 0.2) is 40.9 Å². The second-order valence-corrected chi connectivity index (χ2v) is 7.47. The largest absolute Gasteiger partial charge is 0.409 e. The van der Waals surface area contributed by atoms with Gasteiger partial charge in [0.25, 0.3) is 0 Å². The van der Waals surface area contributed by atoms with Gasteiger partial charge in [0.05, 0.1) is 0 Å². The lowest BCUT2D eigenvalue weighted by Gasteiger charge is -2.38. The molecule has 0 spiro atoms. The van der Waals surface area contributed by atoms with Gasteiger partial charge in [-0.2, -0.15) is 18.2 Å². The average molecular weight is 401 g/mol. The Morgan fingerprint density at radius 3 is 2.50 bits per heavy atom. The standard InChI is InChI=1S/C17H16BrF3N2O/c1-16(2)9-14(24)22-23(16)15(17(19,20)21)13-8-11(18)7-10-5-3-4-6-12(10)13/h3-8,15H,9H2,1-2H3,(H,22,24)/t15-/m0/s1. The highest BCUT2D eigenvalue weighted by Crippen LogP contribution is 2.45. The van der Waals surface area contributed by atoms with Crippen molar-refractivity contribution in [2.75, 3.05) is 0 Å². The van der Waals surface area contributed by atoms with Crippen molar-refractivity contribution in [1.82, 2.24) is 10.4 Å². The van der Waals surface area contributed by atoms with Gasteiger partial charge >= 0.3 is 6.18 Å². The maximum atomic E-state index is 14.0. The number of alkyl halides is 3. The zero-order valence-corrected chi connectivity index (χ0v) is 14.7. The fourth-order valence-corrected chi connectivity index (χ4v) is 3.70. The molecule has 0 saturated carbocycles. The normalized spacial score (nSPS) is 19.5. The van der Waals surface area contributed by atoms with E-state index in [0.717, 1.165) is 5.01 Å². The van der Waals surface area contributed by atoms with Crippen molar-refractivity contribution in [3.63, 3.8) is 0 Å². The van der Waals surface area contributed by atoms with Crippen LogP contribution in [0.2, 0.25) is 0 Å². The number of rotatable bonds is 2. The molecule has 1 aliphatic heterocycles. The van der Waals surface area contributed by atoms with Crippen LogP contribution in [0.1, 0.15) is 31.9 Å². The minimum absolute atomic E-state index is 0.0194. The molecule has 2 aromatic carbocycles. The topological polar surface area (TPSA) is 32.3 Å². The first-order valence-corrected chi connectivity index (χ1v) is 8.22. The predicted octanol–water partition coefficient (Wildman–Crippen LogP) is 4.72. The molecule has 1 saturated heterocycles. The second-order valence-electron chi connectivity index (χ2n) is 6.55. The molecule has 0 radical (unpaired) electrons. The van der Waals surface area contributed by atoms with Gasteiger partial charge < -0.3 is 0 Å². The van der Waals surface area contributed by atoms with Crippen molar-refractivity contribution in [3.8, 4) is 0 Å². The molecule has 0 aromatic heterocycles. The number of hydrogen-bond donors (Lipinski definition) is 1. The molecule has 1 fully saturated rings. The van der Waals surface area contributed by atoms with Gasteiger partial charge in [0.2, 0.25) is 5.91 Å². The van der Waals surface area contributed by atoms with Gasteiger partial charge in [0.15, 0.2) is 6.04 Å². The molecule has 128 valence electrons. The van der Waals surface area contributed by atoms with Crippen LogP contribution in [-0.2, 0) is 4.79 Å². The summed E-state index contributed by atoms with van der Waals surface area (Å²) in [4.78, 5) is 11.7. The fourth-order valence-electron chi connectivity index (χ4n) is 3.21. The molecule has 0 aliphatic carbocycles. The zero-order valence-electron chi connectivity index (χ0n) is 13.1. The maximum Gasteiger partial charge on any atom is 0.409 e. The highest BCUT2D eigenvalue weighted by molar-refractivity contribution is 9.10. The molecule has 3 rings (SSSR count). The Morgan fingerprint density at radius 2 is 1.92 bits per heavy atom. The third-order valence-electron chi connectivity index (χ3n) is 4.21. The van der Waals surface area contributed by atoms with Crippen molar-refractivity contribution < 1.29 is 18.0 Å². The molecule has 1 heterocycles. The summed E-state index contributed by atoms with van der Waals surface area (Å²) in [6.45, 7) is 3.26. The van der Waals surface area contributed by atoms with Gasteiger partial charge in [0, 0.05) is 16.4 Å². The third-order valence-corrected chi connectivity index (χ3v) is 4.67. The van der Waals surface area contributed by atoms with Crippen LogP contribution in [0.25, 0.3) is 10.8 Å². The fraction of sp³-hybridized carbons (Fsp3) is 0.353. The Hall–Kier alpha value is -1.60. The Kier molecular flexibility index (Phi) is 4.12. The Bertz CT molecular complexity index is 804. The SMILES string of the molecule is CC1(C)CC(=O)NN1[C@@H](c1cc(Br)cc2ccccc12)C(F)(F)F. The first kappa shape index (κ1) is 17.2. The first-order chi connectivity index (χ1) is 11.1. The third kappa shape index (κ3) is 3.02. The quantitative estimate of drug-likeness (QED) is 0.790. The molecule has 0 unspecified atom stereocenters. The van der Waals surface area contributed by atoms with Crippen LogP contribution in [0.3, 0.4) is 0 Å². The number of nitrogens with one attached hydrogen (secondary N) is 1. The number of carbonyl (C=O) groups excluding carboxylic acids is 1. The van der Waals surface area contributed by atoms with Gasteiger partial charge in [0.1, 0.15) is 0 Å². The van der Waals surface area contributed by atoms with E-state index in [2.05, 4.69) is 21.4 Å². The van der Waals surface area contributed by atoms with Crippen molar-refractivity contribution in [2.24, 2.45) is 0 Å². The van der Waals surface area contributed by atoms with Crippen LogP contribution >= 0.6 is 15.9 Å². The lowest BCUT2D eigenvalue weighted by atomic mass is 9.94. The van der Waals surface area contributed by atoms with E-state index in [-0.39, 0.29) is 12.0 Å². The molecular weight excluding hydrogens is 385 g/mol. The van der Waals surface area contributed by atoms with E-state index in [1.54, 1.807) is 44.2 Å². The van der Waals surface area contributed by atoms with Gasteiger partial charge in [-0.25, -0.2) is 0 Å². The molecule has 7 heteroatoms. The number of benzene rings is 2. The van der Waals surface area contributed by atoms with Gasteiger partial charge in [-0.15, -0.1) is 0 Å². The van der Waals surface area contributed by atoms with Crippen molar-refractivity contribution in [1.29, 1.82) is 0 Å². The van der Waals surface area contributed by atoms with Gasteiger partial charge in [-0.05, 0) is 42.3 Å². The smallest absolute Gasteiger partial charge is 0.287 e. The highest BCUT2D eigenvalue weighted by Gasteiger charge is 2.53. The van der Waals surface area contributed by atoms with E-state index in [1.807, 2.05) is 0 Å². The minimum Gasteiger partial charge on any atom is -0.287 e. The highest BCUT2D eigenvalue weighted by atomic mass is 79.9. The van der Waals surface area contributed by atoms with Gasteiger partial charge in [-0.1, -0.05) is 40.2 Å². The summed E-state index contributed by atoms with van der Waals surface area (Å²) < 4.78 is 42.5. The average Bonchev–Trinajstić information content (AvgIpc) is 2.70. The summed E-state index contributed by atoms with van der Waals surface area (Å²) in [5.41, 5.74) is 1.56. The van der Waals surface area contributed by atoms with E-state index in [0.29, 0.717) is 15.2 Å². The molecule has 0 bridgehead atoms. The number of hydrogen-bond acceptors (Lipinski definition) is 2. The number of nitrogens with zero attached hydrogens (tertiary/aromatic N) is 1. The van der Waals surface area contributed by atoms with Crippen LogP contribution in [0.4, 0.5) is 13.2 Å². The summed E-state index contributed by atoms with van der Waals surface area (Å²) in [6, 6.07) is 8.25. The van der Waals surface area contributed by atoms with Crippen molar-refractivity contribution in [2.45, 2.75) is 38.0 Å². The van der Waals surface area contributed by atoms with Crippen molar-refractivity contribution in [3.05, 3.63) is 46.4 Å². The molecule has 1 atom stereocenters. The van der Waals surface area contributed by atoms with Gasteiger partial charge in [-0.3, -0.25) is 10.2 Å². The van der Waals surface area contributed by atoms with Crippen LogP contribution in [-0.4, -0.2) is 22.6 Å². The Morgan fingerprint density at radius 1 is 1.25 bits per heavy atom. The van der Waals surface area contributed by atoms with Crippen LogP contribution < -0.4 is 5.43 Å². The summed E-state index contributed by atoms with van der Waals surface area (Å²) in [5.74, 6) is -0.409. The predicted molar refractivity (Wildman–Crippen MR) is 89.1 cm³/mol. The monoisotopic (exact) mass is 400 g/mol. The number of hydrazine groups is 1. The molecule has 1 aliphatic rings. The van der Waals surface area contributed by atoms with Crippen LogP contribution in [0, 0.1) is 0 Å². The van der Waals surface area contributed by atoms with E-state index in [4.69, 9.17) is 0 Å². The van der Waals surface area contributed by atoms with E-state index >= 15 is 0 Å². The molecule has 1 N–H and O–H groups in total. The number of fused-ring (bicyclic) bond motifs is 1.